The molecule has 0 bridgehead atoms. The van der Waals surface area contributed by atoms with E-state index in [1.54, 1.807) is 18.2 Å². The maximum absolute atomic E-state index is 12.6. The lowest BCUT2D eigenvalue weighted by Crippen LogP contribution is -2.27. The van der Waals surface area contributed by atoms with Gasteiger partial charge in [0.15, 0.2) is 0 Å². The number of nitrogen functional groups attached to an aromatic ring is 1. The van der Waals surface area contributed by atoms with Crippen LogP contribution in [0.5, 0.6) is 0 Å². The Morgan fingerprint density at radius 2 is 1.80 bits per heavy atom. The third-order valence-electron chi connectivity index (χ3n) is 2.61. The number of sulfonamides is 1. The molecule has 5 nitrogen and oxygen atoms in total. The monoisotopic (exact) mass is 331 g/mol. The van der Waals surface area contributed by atoms with Crippen LogP contribution in [0.3, 0.4) is 0 Å². The fourth-order valence-electron chi connectivity index (χ4n) is 1.63. The lowest BCUT2D eigenvalue weighted by molar-refractivity contribution is 0.594. The first kappa shape index (κ1) is 14.9. The first-order valence-corrected chi connectivity index (χ1v) is 7.68. The Labute approximate surface area is 127 Å². The van der Waals surface area contributed by atoms with E-state index in [4.69, 9.17) is 28.9 Å². The molecule has 1 heterocycles. The predicted molar refractivity (Wildman–Crippen MR) is 80.7 cm³/mol. The van der Waals surface area contributed by atoms with Gasteiger partial charge in [-0.15, -0.1) is 0 Å². The summed E-state index contributed by atoms with van der Waals surface area (Å²) >= 11 is 11.9. The van der Waals surface area contributed by atoms with E-state index in [-0.39, 0.29) is 20.8 Å². The number of rotatable bonds is 3. The highest BCUT2D eigenvalue weighted by molar-refractivity contribution is 7.93. The van der Waals surface area contributed by atoms with E-state index in [9.17, 15) is 8.42 Å². The third-order valence-corrected chi connectivity index (χ3v) is 5.30. The average Bonchev–Trinajstić information content (AvgIpc) is 2.37. The minimum Gasteiger partial charge on any atom is -0.399 e. The molecule has 0 radical (unpaired) electrons. The fourth-order valence-corrected chi connectivity index (χ4v) is 3.95. The number of nitrogens with two attached hydrogens (primary N) is 1. The van der Waals surface area contributed by atoms with E-state index in [1.807, 2.05) is 0 Å². The van der Waals surface area contributed by atoms with Gasteiger partial charge in [0.1, 0.15) is 10.7 Å². The lowest BCUT2D eigenvalue weighted by Gasteiger charge is -2.20. The van der Waals surface area contributed by atoms with Crippen molar-refractivity contribution in [2.24, 2.45) is 0 Å². The zero-order valence-electron chi connectivity index (χ0n) is 10.4. The van der Waals surface area contributed by atoms with Crippen molar-refractivity contribution in [2.45, 2.75) is 4.90 Å². The number of hydrogen-bond acceptors (Lipinski definition) is 4. The SMILES string of the molecule is CN(c1ccccn1)S(=O)(=O)c1c(Cl)cc(N)cc1Cl. The average molecular weight is 332 g/mol. The molecule has 2 aromatic rings. The quantitative estimate of drug-likeness (QED) is 0.877. The summed E-state index contributed by atoms with van der Waals surface area (Å²) in [5, 5.41) is -0.0597. The Morgan fingerprint density at radius 1 is 1.20 bits per heavy atom. The number of benzene rings is 1. The fraction of sp³-hybridized carbons (Fsp3) is 0.0833. The molecule has 0 aliphatic carbocycles. The zero-order chi connectivity index (χ0) is 14.9. The van der Waals surface area contributed by atoms with Crippen LogP contribution in [0, 0.1) is 0 Å². The van der Waals surface area contributed by atoms with Gasteiger partial charge in [-0.25, -0.2) is 13.4 Å². The Balaban J connectivity index is 2.57. The normalized spacial score (nSPS) is 11.3. The summed E-state index contributed by atoms with van der Waals surface area (Å²) in [6.07, 6.45) is 1.49. The summed E-state index contributed by atoms with van der Waals surface area (Å²) in [4.78, 5) is 3.79. The summed E-state index contributed by atoms with van der Waals surface area (Å²) in [6, 6.07) is 7.61. The smallest absolute Gasteiger partial charge is 0.268 e. The molecule has 0 saturated heterocycles. The topological polar surface area (TPSA) is 76.3 Å². The van der Waals surface area contributed by atoms with Gasteiger partial charge in [-0.05, 0) is 24.3 Å². The molecule has 2 N–H and O–H groups in total. The van der Waals surface area contributed by atoms with Crippen LogP contribution in [0.15, 0.2) is 41.4 Å². The van der Waals surface area contributed by atoms with Crippen LogP contribution in [0.2, 0.25) is 10.0 Å². The minimum absolute atomic E-state index is 0.0298. The Hall–Kier alpha value is -1.50. The molecular weight excluding hydrogens is 321 g/mol. The molecule has 0 atom stereocenters. The Kier molecular flexibility index (Phi) is 4.08. The lowest BCUT2D eigenvalue weighted by atomic mass is 10.3. The second kappa shape index (κ2) is 5.47. The summed E-state index contributed by atoms with van der Waals surface area (Å²) in [6.45, 7) is 0. The van der Waals surface area contributed by atoms with Crippen LogP contribution in [-0.4, -0.2) is 20.4 Å². The number of aromatic nitrogens is 1. The van der Waals surface area contributed by atoms with Crippen LogP contribution >= 0.6 is 23.2 Å². The van der Waals surface area contributed by atoms with Gasteiger partial charge in [-0.2, -0.15) is 0 Å². The van der Waals surface area contributed by atoms with Gasteiger partial charge >= 0.3 is 0 Å². The molecule has 106 valence electrons. The Bertz CT molecular complexity index is 713. The second-order valence-electron chi connectivity index (χ2n) is 3.97. The van der Waals surface area contributed by atoms with Crippen molar-refractivity contribution in [1.29, 1.82) is 0 Å². The predicted octanol–water partition coefficient (Wildman–Crippen LogP) is 2.80. The van der Waals surface area contributed by atoms with Gasteiger partial charge in [0.2, 0.25) is 0 Å². The van der Waals surface area contributed by atoms with Crippen molar-refractivity contribution in [1.82, 2.24) is 4.98 Å². The molecule has 0 saturated carbocycles. The van der Waals surface area contributed by atoms with Crippen molar-refractivity contribution in [3.63, 3.8) is 0 Å². The van der Waals surface area contributed by atoms with Gasteiger partial charge in [0, 0.05) is 18.9 Å². The van der Waals surface area contributed by atoms with Gasteiger partial charge in [0.05, 0.1) is 10.0 Å². The van der Waals surface area contributed by atoms with Gasteiger partial charge in [-0.1, -0.05) is 29.3 Å². The van der Waals surface area contributed by atoms with Crippen molar-refractivity contribution in [3.05, 3.63) is 46.6 Å². The highest BCUT2D eigenvalue weighted by atomic mass is 35.5. The van der Waals surface area contributed by atoms with E-state index < -0.39 is 10.0 Å². The molecule has 0 amide bonds. The maximum Gasteiger partial charge on any atom is 0.268 e. The van der Waals surface area contributed by atoms with Crippen LogP contribution in [0.4, 0.5) is 11.5 Å². The summed E-state index contributed by atoms with van der Waals surface area (Å²) in [7, 11) is -2.54. The number of hydrogen-bond donors (Lipinski definition) is 1. The van der Waals surface area contributed by atoms with E-state index in [1.165, 1.54) is 25.4 Å². The summed E-state index contributed by atoms with van der Waals surface area (Å²) in [5.74, 6) is 0.261. The van der Waals surface area contributed by atoms with Crippen LogP contribution in [0.1, 0.15) is 0 Å². The molecule has 0 aliphatic heterocycles. The minimum atomic E-state index is -3.92. The molecule has 0 fully saturated rings. The third kappa shape index (κ3) is 2.67. The van der Waals surface area contributed by atoms with Gasteiger partial charge < -0.3 is 5.73 Å². The number of nitrogens with zero attached hydrogens (tertiary/aromatic N) is 2. The van der Waals surface area contributed by atoms with Crippen LogP contribution in [-0.2, 0) is 10.0 Å². The van der Waals surface area contributed by atoms with Crippen LogP contribution in [0.25, 0.3) is 0 Å². The first-order valence-electron chi connectivity index (χ1n) is 5.48. The zero-order valence-corrected chi connectivity index (χ0v) is 12.7. The summed E-state index contributed by atoms with van der Waals surface area (Å²) in [5.41, 5.74) is 5.86. The highest BCUT2D eigenvalue weighted by Gasteiger charge is 2.27. The molecule has 1 aromatic carbocycles. The molecule has 0 spiro atoms. The van der Waals surface area contributed by atoms with E-state index >= 15 is 0 Å². The van der Waals surface area contributed by atoms with Crippen molar-refractivity contribution < 1.29 is 8.42 Å². The van der Waals surface area contributed by atoms with Gasteiger partial charge in [-0.3, -0.25) is 4.31 Å². The molecular formula is C12H11Cl2N3O2S. The standard InChI is InChI=1S/C12H11Cl2N3O2S/c1-17(11-4-2-3-5-16-11)20(18,19)12-9(13)6-8(15)7-10(12)14/h2-7H,15H2,1H3. The van der Waals surface area contributed by atoms with Gasteiger partial charge in [0.25, 0.3) is 10.0 Å². The molecule has 2 rings (SSSR count). The maximum atomic E-state index is 12.6. The van der Waals surface area contributed by atoms with Crippen molar-refractivity contribution in [2.75, 3.05) is 17.1 Å². The molecule has 0 unspecified atom stereocenters. The number of pyridine rings is 1. The summed E-state index contributed by atoms with van der Waals surface area (Å²) < 4.78 is 26.1. The second-order valence-corrected chi connectivity index (χ2v) is 6.69. The van der Waals surface area contributed by atoms with E-state index in [0.29, 0.717) is 5.69 Å². The molecule has 20 heavy (non-hydrogen) atoms. The highest BCUT2D eigenvalue weighted by Crippen LogP contribution is 2.34. The van der Waals surface area contributed by atoms with Crippen molar-refractivity contribution in [3.8, 4) is 0 Å². The number of halogens is 2. The van der Waals surface area contributed by atoms with Crippen molar-refractivity contribution >= 4 is 44.7 Å². The Morgan fingerprint density at radius 3 is 2.30 bits per heavy atom. The number of anilines is 2. The molecule has 0 aliphatic rings. The largest absolute Gasteiger partial charge is 0.399 e. The van der Waals surface area contributed by atoms with E-state index in [0.717, 1.165) is 4.31 Å². The first-order chi connectivity index (χ1) is 9.34. The van der Waals surface area contributed by atoms with E-state index in [2.05, 4.69) is 4.98 Å². The molecule has 1 aromatic heterocycles. The van der Waals surface area contributed by atoms with Crippen LogP contribution < -0.4 is 10.0 Å². The molecule has 8 heteroatoms.